The molecule has 1 amide bonds. The molecule has 23 heavy (non-hydrogen) atoms. The Kier molecular flexibility index (Phi) is 5.32. The van der Waals surface area contributed by atoms with Crippen molar-refractivity contribution in [2.75, 3.05) is 19.7 Å². The van der Waals surface area contributed by atoms with Crippen LogP contribution < -0.4 is 0 Å². The van der Waals surface area contributed by atoms with E-state index in [4.69, 9.17) is 16.3 Å². The highest BCUT2D eigenvalue weighted by Crippen LogP contribution is 2.30. The minimum absolute atomic E-state index is 0.0434. The zero-order valence-corrected chi connectivity index (χ0v) is 14.3. The van der Waals surface area contributed by atoms with Gasteiger partial charge in [0.15, 0.2) is 0 Å². The lowest BCUT2D eigenvalue weighted by atomic mass is 9.94. The first-order chi connectivity index (χ1) is 10.7. The second-order valence-electron chi connectivity index (χ2n) is 6.52. The summed E-state index contributed by atoms with van der Waals surface area (Å²) < 4.78 is 18.7. The van der Waals surface area contributed by atoms with Gasteiger partial charge in [-0.25, -0.2) is 9.18 Å². The first-order valence-corrected chi connectivity index (χ1v) is 7.84. The Morgan fingerprint density at radius 2 is 2.13 bits per heavy atom. The van der Waals surface area contributed by atoms with Crippen molar-refractivity contribution in [3.8, 4) is 0 Å². The van der Waals surface area contributed by atoms with E-state index in [1.165, 1.54) is 6.07 Å². The lowest BCUT2D eigenvalue weighted by Crippen LogP contribution is -2.41. The van der Waals surface area contributed by atoms with E-state index in [1.807, 2.05) is 20.8 Å². The number of aliphatic hydroxyl groups is 1. The zero-order chi connectivity index (χ0) is 17.2. The maximum absolute atomic E-state index is 13.3. The van der Waals surface area contributed by atoms with E-state index >= 15 is 0 Å². The number of nitrogens with zero attached hydrogens (tertiary/aromatic N) is 1. The largest absolute Gasteiger partial charge is 0.444 e. The number of amides is 1. The molecule has 1 aromatic rings. The average Bonchev–Trinajstić information content (AvgIpc) is 2.47. The van der Waals surface area contributed by atoms with E-state index in [0.717, 1.165) is 11.1 Å². The molecule has 0 radical (unpaired) electrons. The average molecular weight is 342 g/mol. The molecule has 0 fully saturated rings. The minimum Gasteiger partial charge on any atom is -0.444 e. The SMILES string of the molecule is CC(C)(C)OC(=O)N1CCC(c2ccc(F)c(Cl)c2)=C(CO)C1. The maximum Gasteiger partial charge on any atom is 0.410 e. The van der Waals surface area contributed by atoms with E-state index < -0.39 is 17.5 Å². The molecule has 0 unspecified atom stereocenters. The van der Waals surface area contributed by atoms with Gasteiger partial charge in [-0.3, -0.25) is 0 Å². The normalized spacial score (nSPS) is 15.8. The Morgan fingerprint density at radius 3 is 2.70 bits per heavy atom. The van der Waals surface area contributed by atoms with Gasteiger partial charge < -0.3 is 14.7 Å². The van der Waals surface area contributed by atoms with Gasteiger partial charge in [0.2, 0.25) is 0 Å². The highest BCUT2D eigenvalue weighted by atomic mass is 35.5. The third-order valence-electron chi connectivity index (χ3n) is 3.55. The molecular weight excluding hydrogens is 321 g/mol. The Bertz CT molecular complexity index is 637. The fourth-order valence-electron chi connectivity index (χ4n) is 2.49. The number of hydrogen-bond acceptors (Lipinski definition) is 3. The maximum atomic E-state index is 13.3. The predicted octanol–water partition coefficient (Wildman–Crippen LogP) is 3.87. The Labute approximate surface area is 140 Å². The van der Waals surface area contributed by atoms with E-state index in [9.17, 15) is 14.3 Å². The molecule has 0 aliphatic carbocycles. The molecule has 0 bridgehead atoms. The summed E-state index contributed by atoms with van der Waals surface area (Å²) in [5.41, 5.74) is 1.81. The van der Waals surface area contributed by atoms with E-state index in [0.29, 0.717) is 18.5 Å². The van der Waals surface area contributed by atoms with Crippen molar-refractivity contribution >= 4 is 23.3 Å². The quantitative estimate of drug-likeness (QED) is 0.888. The topological polar surface area (TPSA) is 49.8 Å². The molecule has 2 rings (SSSR count). The van der Waals surface area contributed by atoms with Crippen molar-refractivity contribution in [3.05, 3.63) is 40.2 Å². The van der Waals surface area contributed by atoms with Crippen LogP contribution >= 0.6 is 11.6 Å². The lowest BCUT2D eigenvalue weighted by Gasteiger charge is -2.32. The van der Waals surface area contributed by atoms with Crippen LogP contribution in [0.5, 0.6) is 0 Å². The Morgan fingerprint density at radius 1 is 1.43 bits per heavy atom. The van der Waals surface area contributed by atoms with Crippen molar-refractivity contribution < 1.29 is 19.0 Å². The number of benzene rings is 1. The summed E-state index contributed by atoms with van der Waals surface area (Å²) >= 11 is 5.83. The van der Waals surface area contributed by atoms with Crippen molar-refractivity contribution in [1.82, 2.24) is 4.90 Å². The number of rotatable bonds is 2. The number of carbonyl (C=O) groups excluding carboxylic acids is 1. The van der Waals surface area contributed by atoms with Gasteiger partial charge in [0.25, 0.3) is 0 Å². The van der Waals surface area contributed by atoms with Gasteiger partial charge in [0.1, 0.15) is 11.4 Å². The first-order valence-electron chi connectivity index (χ1n) is 7.46. The van der Waals surface area contributed by atoms with Crippen molar-refractivity contribution in [1.29, 1.82) is 0 Å². The van der Waals surface area contributed by atoms with Crippen LogP contribution in [-0.2, 0) is 4.74 Å². The first kappa shape index (κ1) is 17.8. The summed E-state index contributed by atoms with van der Waals surface area (Å²) in [4.78, 5) is 13.7. The highest BCUT2D eigenvalue weighted by molar-refractivity contribution is 6.30. The lowest BCUT2D eigenvalue weighted by molar-refractivity contribution is 0.0260. The standard InChI is InChI=1S/C17H21ClFNO3/c1-17(2,3)23-16(22)20-7-6-13(12(9-20)10-21)11-4-5-15(19)14(18)8-11/h4-5,8,21H,6-7,9-10H2,1-3H3. The van der Waals surface area contributed by atoms with Crippen LogP contribution in [0, 0.1) is 5.82 Å². The molecule has 1 aliphatic heterocycles. The number of carbonyl (C=O) groups is 1. The van der Waals surface area contributed by atoms with E-state index in [2.05, 4.69) is 0 Å². The fraction of sp³-hybridized carbons (Fsp3) is 0.471. The molecule has 6 heteroatoms. The summed E-state index contributed by atoms with van der Waals surface area (Å²) in [6.45, 7) is 6.01. The van der Waals surface area contributed by atoms with Crippen LogP contribution in [-0.4, -0.2) is 41.4 Å². The molecule has 1 aromatic carbocycles. The second-order valence-corrected chi connectivity index (χ2v) is 6.93. The van der Waals surface area contributed by atoms with E-state index in [1.54, 1.807) is 17.0 Å². The van der Waals surface area contributed by atoms with Crippen LogP contribution in [0.2, 0.25) is 5.02 Å². The zero-order valence-electron chi connectivity index (χ0n) is 13.5. The summed E-state index contributed by atoms with van der Waals surface area (Å²) in [7, 11) is 0. The fourth-order valence-corrected chi connectivity index (χ4v) is 2.67. The molecule has 0 saturated carbocycles. The van der Waals surface area contributed by atoms with Crippen molar-refractivity contribution in [2.45, 2.75) is 32.8 Å². The van der Waals surface area contributed by atoms with Gasteiger partial charge in [0, 0.05) is 13.1 Å². The molecule has 126 valence electrons. The summed E-state index contributed by atoms with van der Waals surface area (Å²) in [6, 6.07) is 4.49. The van der Waals surface area contributed by atoms with E-state index in [-0.39, 0.29) is 18.2 Å². The second kappa shape index (κ2) is 6.89. The summed E-state index contributed by atoms with van der Waals surface area (Å²) in [5.74, 6) is -0.479. The monoisotopic (exact) mass is 341 g/mol. The number of halogens is 2. The molecule has 1 heterocycles. The van der Waals surface area contributed by atoms with Crippen LogP contribution in [0.25, 0.3) is 5.57 Å². The Hall–Kier alpha value is -1.59. The molecule has 0 aromatic heterocycles. The number of aliphatic hydroxyl groups excluding tert-OH is 1. The molecule has 1 N–H and O–H groups in total. The smallest absolute Gasteiger partial charge is 0.410 e. The highest BCUT2D eigenvalue weighted by Gasteiger charge is 2.27. The number of ether oxygens (including phenoxy) is 1. The third kappa shape index (κ3) is 4.45. The number of hydrogen-bond donors (Lipinski definition) is 1. The van der Waals surface area contributed by atoms with Gasteiger partial charge in [-0.2, -0.15) is 0 Å². The minimum atomic E-state index is -0.565. The van der Waals surface area contributed by atoms with Crippen molar-refractivity contribution in [2.24, 2.45) is 0 Å². The summed E-state index contributed by atoms with van der Waals surface area (Å²) in [5, 5.41) is 9.68. The Balaban J connectivity index is 2.22. The molecule has 1 aliphatic rings. The molecule has 0 saturated heterocycles. The summed E-state index contributed by atoms with van der Waals surface area (Å²) in [6.07, 6.45) is 0.150. The predicted molar refractivity (Wildman–Crippen MR) is 87.8 cm³/mol. The molecule has 4 nitrogen and oxygen atoms in total. The van der Waals surface area contributed by atoms with Crippen LogP contribution in [0.15, 0.2) is 23.8 Å². The molecule has 0 atom stereocenters. The van der Waals surface area contributed by atoms with Gasteiger partial charge in [0.05, 0.1) is 11.6 Å². The third-order valence-corrected chi connectivity index (χ3v) is 3.84. The van der Waals surface area contributed by atoms with Gasteiger partial charge in [-0.05, 0) is 56.0 Å². The van der Waals surface area contributed by atoms with Crippen LogP contribution in [0.4, 0.5) is 9.18 Å². The van der Waals surface area contributed by atoms with Crippen LogP contribution in [0.3, 0.4) is 0 Å². The van der Waals surface area contributed by atoms with Crippen LogP contribution in [0.1, 0.15) is 32.8 Å². The van der Waals surface area contributed by atoms with Gasteiger partial charge in [-0.1, -0.05) is 17.7 Å². The van der Waals surface area contributed by atoms with Gasteiger partial charge >= 0.3 is 6.09 Å². The molecular formula is C17H21ClFNO3. The van der Waals surface area contributed by atoms with Gasteiger partial charge in [-0.15, -0.1) is 0 Å². The molecule has 0 spiro atoms. The van der Waals surface area contributed by atoms with Crippen molar-refractivity contribution in [3.63, 3.8) is 0 Å².